The Morgan fingerprint density at radius 1 is 1.27 bits per heavy atom. The predicted octanol–water partition coefficient (Wildman–Crippen LogP) is 0.0833. The number of ether oxygens (including phenoxy) is 1. The minimum absolute atomic E-state index is 0.0800. The molecule has 26 heavy (non-hydrogen) atoms. The molecular weight excluding hydrogens is 346 g/mol. The number of nitrogens with zero attached hydrogens (tertiary/aromatic N) is 4. The van der Waals surface area contributed by atoms with E-state index in [0.717, 1.165) is 6.07 Å². The lowest BCUT2D eigenvalue weighted by Crippen LogP contribution is -2.24. The number of aromatic hydroxyl groups is 2. The fourth-order valence-corrected chi connectivity index (χ4v) is 2.94. The van der Waals surface area contributed by atoms with E-state index >= 15 is 0 Å². The first kappa shape index (κ1) is 16.6. The molecule has 0 spiro atoms. The third-order valence-corrected chi connectivity index (χ3v) is 4.24. The van der Waals surface area contributed by atoms with Crippen molar-refractivity contribution in [3.8, 4) is 11.7 Å². The smallest absolute Gasteiger partial charge is 0.285 e. The summed E-state index contributed by atoms with van der Waals surface area (Å²) >= 11 is 0. The van der Waals surface area contributed by atoms with Crippen LogP contribution in [0.15, 0.2) is 23.1 Å². The molecule has 0 radical (unpaired) electrons. The number of aliphatic hydroxyl groups is 2. The van der Waals surface area contributed by atoms with Gasteiger partial charge in [0.05, 0.1) is 31.6 Å². The lowest BCUT2D eigenvalue weighted by Gasteiger charge is -2.13. The van der Waals surface area contributed by atoms with Crippen molar-refractivity contribution in [1.29, 1.82) is 0 Å². The molecule has 5 N–H and O–H groups in total. The number of aliphatic hydroxyl groups excluding tert-OH is 2. The number of hydrogen-bond acceptors (Lipinski definition) is 10. The minimum Gasteiger partial charge on any atom is -0.504 e. The van der Waals surface area contributed by atoms with E-state index in [1.807, 2.05) is 0 Å². The van der Waals surface area contributed by atoms with Crippen LogP contribution < -0.4 is 5.32 Å². The Balaban J connectivity index is 1.58. The second-order valence-corrected chi connectivity index (χ2v) is 5.91. The third-order valence-electron chi connectivity index (χ3n) is 4.24. The van der Waals surface area contributed by atoms with Crippen molar-refractivity contribution in [2.45, 2.75) is 31.4 Å². The Morgan fingerprint density at radius 2 is 2.12 bits per heavy atom. The zero-order valence-electron chi connectivity index (χ0n) is 13.5. The zero-order valence-corrected chi connectivity index (χ0v) is 13.5. The van der Waals surface area contributed by atoms with Crippen molar-refractivity contribution in [3.05, 3.63) is 24.5 Å². The van der Waals surface area contributed by atoms with Crippen LogP contribution in [0.4, 0.5) is 5.82 Å². The maximum Gasteiger partial charge on any atom is 0.285 e. The molecule has 3 aromatic heterocycles. The van der Waals surface area contributed by atoms with Gasteiger partial charge in [-0.25, -0.2) is 15.0 Å². The van der Waals surface area contributed by atoms with Crippen LogP contribution in [0.1, 0.15) is 18.4 Å². The van der Waals surface area contributed by atoms with Crippen molar-refractivity contribution in [2.75, 3.05) is 11.9 Å². The summed E-state index contributed by atoms with van der Waals surface area (Å²) in [4.78, 5) is 12.6. The molecular formula is C15H17N5O6. The molecule has 11 nitrogen and oxygen atoms in total. The molecule has 0 aliphatic carbocycles. The van der Waals surface area contributed by atoms with Gasteiger partial charge in [-0.15, -0.1) is 0 Å². The summed E-state index contributed by atoms with van der Waals surface area (Å²) < 4.78 is 12.3. The lowest BCUT2D eigenvalue weighted by atomic mass is 10.2. The summed E-state index contributed by atoms with van der Waals surface area (Å²) in [7, 11) is 0. The molecule has 3 atom stereocenters. The van der Waals surface area contributed by atoms with Crippen LogP contribution in [0, 0.1) is 0 Å². The van der Waals surface area contributed by atoms with Crippen molar-refractivity contribution in [3.63, 3.8) is 0 Å². The fraction of sp³-hybridized carbons (Fsp3) is 0.400. The van der Waals surface area contributed by atoms with Crippen LogP contribution >= 0.6 is 0 Å². The Labute approximate surface area is 146 Å². The van der Waals surface area contributed by atoms with E-state index in [2.05, 4.69) is 20.3 Å². The molecule has 0 aromatic carbocycles. The van der Waals surface area contributed by atoms with E-state index in [1.54, 1.807) is 4.57 Å². The minimum atomic E-state index is -0.767. The van der Waals surface area contributed by atoms with Crippen LogP contribution in [0.2, 0.25) is 0 Å². The number of aromatic nitrogens is 4. The van der Waals surface area contributed by atoms with Gasteiger partial charge in [0.15, 0.2) is 28.5 Å². The maximum absolute atomic E-state index is 9.90. The summed E-state index contributed by atoms with van der Waals surface area (Å²) in [5, 5.41) is 41.0. The molecule has 4 rings (SSSR count). The molecule has 0 amide bonds. The van der Waals surface area contributed by atoms with Crippen molar-refractivity contribution < 1.29 is 29.6 Å². The van der Waals surface area contributed by atoms with Gasteiger partial charge in [0.2, 0.25) is 0 Å². The highest BCUT2D eigenvalue weighted by molar-refractivity contribution is 5.82. The number of imidazole rings is 1. The Kier molecular flexibility index (Phi) is 4.11. The van der Waals surface area contributed by atoms with Gasteiger partial charge in [-0.05, 0) is 0 Å². The molecule has 1 saturated heterocycles. The highest BCUT2D eigenvalue weighted by Gasteiger charge is 2.35. The molecule has 3 aromatic rings. The number of hydrogen-bond donors (Lipinski definition) is 5. The standard InChI is InChI=1S/C15H17N5O6/c21-4-10-7(22)1-11(25-10)20-6-19-13-14(17-5-18-15(13)20)16-3-9-8(23)2-12(24)26-9/h2,5-7,10-11,21-24H,1,3-4H2,(H,16,17,18)/t7-,10+,11?/m0/s1. The highest BCUT2D eigenvalue weighted by atomic mass is 16.5. The van der Waals surface area contributed by atoms with Gasteiger partial charge in [0.25, 0.3) is 5.95 Å². The van der Waals surface area contributed by atoms with Gasteiger partial charge in [0, 0.05) is 6.42 Å². The average molecular weight is 363 g/mol. The average Bonchev–Trinajstić information content (AvgIpc) is 3.29. The Bertz CT molecular complexity index is 925. The summed E-state index contributed by atoms with van der Waals surface area (Å²) in [5.74, 6) is 0.00373. The van der Waals surface area contributed by atoms with Crippen LogP contribution in [-0.4, -0.2) is 58.8 Å². The van der Waals surface area contributed by atoms with E-state index in [0.29, 0.717) is 23.4 Å². The number of furan rings is 1. The van der Waals surface area contributed by atoms with Crippen LogP contribution in [0.3, 0.4) is 0 Å². The number of rotatable bonds is 5. The van der Waals surface area contributed by atoms with Gasteiger partial charge in [0.1, 0.15) is 18.7 Å². The monoisotopic (exact) mass is 363 g/mol. The first-order chi connectivity index (χ1) is 12.6. The lowest BCUT2D eigenvalue weighted by molar-refractivity contribution is -0.0432. The molecule has 1 fully saturated rings. The molecule has 0 saturated carbocycles. The topological polar surface area (TPSA) is 159 Å². The van der Waals surface area contributed by atoms with E-state index in [-0.39, 0.29) is 30.6 Å². The summed E-state index contributed by atoms with van der Waals surface area (Å²) in [6.07, 6.45) is 1.27. The summed E-state index contributed by atoms with van der Waals surface area (Å²) in [6, 6.07) is 1.10. The highest BCUT2D eigenvalue weighted by Crippen LogP contribution is 2.32. The second-order valence-electron chi connectivity index (χ2n) is 5.91. The molecule has 1 aliphatic heterocycles. The predicted molar refractivity (Wildman–Crippen MR) is 86.3 cm³/mol. The molecule has 138 valence electrons. The van der Waals surface area contributed by atoms with Crippen LogP contribution in [0.25, 0.3) is 11.2 Å². The SMILES string of the molecule is OC[C@H]1OC(n2cnc3c(NCc4oc(O)cc4O)ncnc32)C[C@@H]1O. The van der Waals surface area contributed by atoms with Crippen LogP contribution in [0.5, 0.6) is 11.7 Å². The zero-order chi connectivity index (χ0) is 18.3. The van der Waals surface area contributed by atoms with Crippen molar-refractivity contribution in [2.24, 2.45) is 0 Å². The molecule has 1 unspecified atom stereocenters. The van der Waals surface area contributed by atoms with E-state index in [4.69, 9.17) is 9.15 Å². The first-order valence-corrected chi connectivity index (χ1v) is 7.93. The van der Waals surface area contributed by atoms with Gasteiger partial charge < -0.3 is 34.9 Å². The van der Waals surface area contributed by atoms with E-state index < -0.39 is 18.4 Å². The van der Waals surface area contributed by atoms with Gasteiger partial charge in [-0.3, -0.25) is 4.57 Å². The normalized spacial score (nSPS) is 22.9. The quantitative estimate of drug-likeness (QED) is 0.420. The molecule has 1 aliphatic rings. The number of anilines is 1. The molecule has 0 bridgehead atoms. The van der Waals surface area contributed by atoms with Gasteiger partial charge in [-0.1, -0.05) is 0 Å². The largest absolute Gasteiger partial charge is 0.504 e. The summed E-state index contributed by atoms with van der Waals surface area (Å²) in [5.41, 5.74) is 0.957. The Morgan fingerprint density at radius 3 is 2.81 bits per heavy atom. The van der Waals surface area contributed by atoms with Crippen molar-refractivity contribution >= 4 is 17.0 Å². The fourth-order valence-electron chi connectivity index (χ4n) is 2.94. The number of nitrogens with one attached hydrogen (secondary N) is 1. The Hall–Kier alpha value is -2.89. The van der Waals surface area contributed by atoms with Crippen LogP contribution in [-0.2, 0) is 11.3 Å². The number of fused-ring (bicyclic) bond motifs is 1. The third kappa shape index (κ3) is 2.81. The molecule has 4 heterocycles. The maximum atomic E-state index is 9.90. The van der Waals surface area contributed by atoms with E-state index in [1.165, 1.54) is 12.7 Å². The van der Waals surface area contributed by atoms with Gasteiger partial charge >= 0.3 is 0 Å². The molecule has 11 heteroatoms. The van der Waals surface area contributed by atoms with Crippen molar-refractivity contribution in [1.82, 2.24) is 19.5 Å². The summed E-state index contributed by atoms with van der Waals surface area (Å²) in [6.45, 7) is -0.192. The van der Waals surface area contributed by atoms with Gasteiger partial charge in [-0.2, -0.15) is 0 Å². The second kappa shape index (κ2) is 6.44. The first-order valence-electron chi connectivity index (χ1n) is 7.93. The van der Waals surface area contributed by atoms with E-state index in [9.17, 15) is 20.4 Å².